The van der Waals surface area contributed by atoms with Gasteiger partial charge in [0.15, 0.2) is 0 Å². The van der Waals surface area contributed by atoms with Crippen molar-refractivity contribution in [1.29, 1.82) is 0 Å². The molecule has 0 aromatic heterocycles. The van der Waals surface area contributed by atoms with Crippen LogP contribution in [-0.2, 0) is 4.79 Å². The summed E-state index contributed by atoms with van der Waals surface area (Å²) in [6.45, 7) is 0. The predicted octanol–water partition coefficient (Wildman–Crippen LogP) is 1.86. The molecule has 0 atom stereocenters. The number of rotatable bonds is 1. The third-order valence-corrected chi connectivity index (χ3v) is 2.48. The zero-order valence-corrected chi connectivity index (χ0v) is 9.28. The van der Waals surface area contributed by atoms with E-state index in [0.717, 1.165) is 10.5 Å². The number of hydrogen-bond donors (Lipinski definition) is 1. The van der Waals surface area contributed by atoms with Crippen LogP contribution in [0, 0.1) is 0 Å². The molecule has 82 valence electrons. The maximum absolute atomic E-state index is 11.5. The minimum absolute atomic E-state index is 0.259. The molecule has 1 fully saturated rings. The molecule has 0 bridgehead atoms. The van der Waals surface area contributed by atoms with Gasteiger partial charge in [-0.05, 0) is 23.8 Å². The summed E-state index contributed by atoms with van der Waals surface area (Å²) in [5, 5.41) is 3.06. The van der Waals surface area contributed by atoms with Gasteiger partial charge in [0.1, 0.15) is 5.70 Å². The molecule has 0 spiro atoms. The normalized spacial score (nSPS) is 18.1. The summed E-state index contributed by atoms with van der Waals surface area (Å²) in [4.78, 5) is 23.7. The van der Waals surface area contributed by atoms with Crippen molar-refractivity contribution in [2.75, 3.05) is 7.05 Å². The Labute approximate surface area is 97.5 Å². The number of amides is 3. The quantitative estimate of drug-likeness (QED) is 0.598. The Bertz CT molecular complexity index is 497. The second-order valence-corrected chi connectivity index (χ2v) is 3.84. The van der Waals surface area contributed by atoms with Gasteiger partial charge in [0.25, 0.3) is 5.91 Å². The number of benzene rings is 1. The molecule has 0 radical (unpaired) electrons. The highest BCUT2D eigenvalue weighted by Gasteiger charge is 2.29. The van der Waals surface area contributed by atoms with Gasteiger partial charge in [-0.2, -0.15) is 0 Å². The van der Waals surface area contributed by atoms with Crippen molar-refractivity contribution in [2.24, 2.45) is 0 Å². The number of halogens is 1. The maximum Gasteiger partial charge on any atom is 0.328 e. The van der Waals surface area contributed by atoms with Crippen molar-refractivity contribution in [3.05, 3.63) is 40.5 Å². The largest absolute Gasteiger partial charge is 0.328 e. The SMILES string of the molecule is CN1C(=O)N/C(=C\c2cccc(Cl)c2)C1=O. The molecule has 1 aliphatic rings. The molecule has 1 aromatic rings. The molecule has 1 aliphatic heterocycles. The lowest BCUT2D eigenvalue weighted by molar-refractivity contribution is -0.121. The highest BCUT2D eigenvalue weighted by Crippen LogP contribution is 2.15. The molecule has 5 heteroatoms. The van der Waals surface area contributed by atoms with Crippen molar-refractivity contribution in [2.45, 2.75) is 0 Å². The van der Waals surface area contributed by atoms with Crippen molar-refractivity contribution < 1.29 is 9.59 Å². The number of carbonyl (C=O) groups excluding carboxylic acids is 2. The lowest BCUT2D eigenvalue weighted by Crippen LogP contribution is -2.25. The van der Waals surface area contributed by atoms with E-state index < -0.39 is 6.03 Å². The molecule has 0 unspecified atom stereocenters. The zero-order chi connectivity index (χ0) is 11.7. The van der Waals surface area contributed by atoms with Crippen molar-refractivity contribution in [3.63, 3.8) is 0 Å². The van der Waals surface area contributed by atoms with Crippen LogP contribution in [0.3, 0.4) is 0 Å². The first-order valence-electron chi connectivity index (χ1n) is 4.64. The third-order valence-electron chi connectivity index (χ3n) is 2.24. The highest BCUT2D eigenvalue weighted by atomic mass is 35.5. The van der Waals surface area contributed by atoms with Gasteiger partial charge in [-0.15, -0.1) is 0 Å². The van der Waals surface area contributed by atoms with Crippen LogP contribution >= 0.6 is 11.6 Å². The van der Waals surface area contributed by atoms with Crippen LogP contribution < -0.4 is 5.32 Å². The first-order valence-corrected chi connectivity index (χ1v) is 5.02. The molecule has 2 rings (SSSR count). The topological polar surface area (TPSA) is 49.4 Å². The van der Waals surface area contributed by atoms with Gasteiger partial charge in [0.2, 0.25) is 0 Å². The first-order chi connectivity index (χ1) is 7.58. The fraction of sp³-hybridized carbons (Fsp3) is 0.0909. The van der Waals surface area contributed by atoms with Crippen LogP contribution in [0.2, 0.25) is 5.02 Å². The van der Waals surface area contributed by atoms with Crippen LogP contribution in [0.25, 0.3) is 6.08 Å². The number of likely N-dealkylation sites (N-methyl/N-ethyl adjacent to an activating group) is 1. The summed E-state index contributed by atoms with van der Waals surface area (Å²) in [7, 11) is 1.43. The number of imide groups is 1. The van der Waals surface area contributed by atoms with Gasteiger partial charge in [0.05, 0.1) is 0 Å². The first kappa shape index (κ1) is 10.7. The van der Waals surface area contributed by atoms with Crippen LogP contribution in [0.4, 0.5) is 4.79 Å². The van der Waals surface area contributed by atoms with Crippen LogP contribution in [0.15, 0.2) is 30.0 Å². The molecule has 4 nitrogen and oxygen atoms in total. The fourth-order valence-corrected chi connectivity index (χ4v) is 1.59. The number of urea groups is 1. The van der Waals surface area contributed by atoms with Gasteiger partial charge in [0, 0.05) is 12.1 Å². The number of carbonyl (C=O) groups is 2. The van der Waals surface area contributed by atoms with E-state index >= 15 is 0 Å². The van der Waals surface area contributed by atoms with Gasteiger partial charge in [-0.1, -0.05) is 23.7 Å². The second-order valence-electron chi connectivity index (χ2n) is 3.41. The van der Waals surface area contributed by atoms with Crippen LogP contribution in [0.1, 0.15) is 5.56 Å². The molecule has 1 heterocycles. The Morgan fingerprint density at radius 2 is 2.12 bits per heavy atom. The average molecular weight is 237 g/mol. The number of nitrogens with zero attached hydrogens (tertiary/aromatic N) is 1. The smallest absolute Gasteiger partial charge is 0.303 e. The van der Waals surface area contributed by atoms with E-state index in [-0.39, 0.29) is 11.6 Å². The Kier molecular flexibility index (Phi) is 2.66. The molecular weight excluding hydrogens is 228 g/mol. The number of nitrogens with one attached hydrogen (secondary N) is 1. The lowest BCUT2D eigenvalue weighted by atomic mass is 10.2. The lowest BCUT2D eigenvalue weighted by Gasteiger charge is -1.99. The van der Waals surface area contributed by atoms with E-state index in [1.54, 1.807) is 30.3 Å². The van der Waals surface area contributed by atoms with Crippen LogP contribution in [0.5, 0.6) is 0 Å². The van der Waals surface area contributed by atoms with E-state index in [1.165, 1.54) is 7.05 Å². The molecule has 1 saturated heterocycles. The fourth-order valence-electron chi connectivity index (χ4n) is 1.39. The Morgan fingerprint density at radius 3 is 2.69 bits per heavy atom. The van der Waals surface area contributed by atoms with Crippen LogP contribution in [-0.4, -0.2) is 23.9 Å². The molecule has 0 aliphatic carbocycles. The molecular formula is C11H9ClN2O2. The average Bonchev–Trinajstić information content (AvgIpc) is 2.47. The summed E-state index contributed by atoms with van der Waals surface area (Å²) in [6, 6.07) is 6.62. The van der Waals surface area contributed by atoms with Gasteiger partial charge < -0.3 is 5.32 Å². The van der Waals surface area contributed by atoms with Crippen molar-refractivity contribution >= 4 is 29.6 Å². The summed E-state index contributed by atoms with van der Waals surface area (Å²) in [6.07, 6.45) is 1.59. The molecule has 1 aromatic carbocycles. The Balaban J connectivity index is 2.33. The number of hydrogen-bond acceptors (Lipinski definition) is 2. The minimum atomic E-state index is -0.418. The van der Waals surface area contributed by atoms with Crippen molar-refractivity contribution in [1.82, 2.24) is 10.2 Å². The minimum Gasteiger partial charge on any atom is -0.303 e. The predicted molar refractivity (Wildman–Crippen MR) is 60.7 cm³/mol. The Hall–Kier alpha value is -1.81. The summed E-state index contributed by atoms with van der Waals surface area (Å²) in [5.41, 5.74) is 1.03. The summed E-state index contributed by atoms with van der Waals surface area (Å²) < 4.78 is 0. The van der Waals surface area contributed by atoms with E-state index in [2.05, 4.69) is 5.32 Å². The molecule has 0 saturated carbocycles. The van der Waals surface area contributed by atoms with Gasteiger partial charge in [-0.3, -0.25) is 9.69 Å². The summed E-state index contributed by atoms with van der Waals surface area (Å²) in [5.74, 6) is -0.343. The summed E-state index contributed by atoms with van der Waals surface area (Å²) >= 11 is 5.81. The Morgan fingerprint density at radius 1 is 1.38 bits per heavy atom. The highest BCUT2D eigenvalue weighted by molar-refractivity contribution is 6.30. The van der Waals surface area contributed by atoms with E-state index in [9.17, 15) is 9.59 Å². The molecule has 3 amide bonds. The standard InChI is InChI=1S/C11H9ClN2O2/c1-14-10(15)9(13-11(14)16)6-7-3-2-4-8(12)5-7/h2-6H,1H3,(H,13,16)/b9-6-. The third kappa shape index (κ3) is 1.92. The van der Waals surface area contributed by atoms with E-state index in [0.29, 0.717) is 5.02 Å². The zero-order valence-electron chi connectivity index (χ0n) is 8.53. The van der Waals surface area contributed by atoms with E-state index in [4.69, 9.17) is 11.6 Å². The monoisotopic (exact) mass is 236 g/mol. The van der Waals surface area contributed by atoms with Gasteiger partial charge in [-0.25, -0.2) is 4.79 Å². The van der Waals surface area contributed by atoms with Crippen molar-refractivity contribution in [3.8, 4) is 0 Å². The molecule has 1 N–H and O–H groups in total. The van der Waals surface area contributed by atoms with Gasteiger partial charge >= 0.3 is 6.03 Å². The molecule has 16 heavy (non-hydrogen) atoms. The van der Waals surface area contributed by atoms with E-state index in [1.807, 2.05) is 0 Å². The second kappa shape index (κ2) is 3.98. The maximum atomic E-state index is 11.5.